The van der Waals surface area contributed by atoms with Gasteiger partial charge in [-0.25, -0.2) is 19.2 Å². The van der Waals surface area contributed by atoms with Gasteiger partial charge in [0.15, 0.2) is 11.2 Å². The third kappa shape index (κ3) is 3.44. The van der Waals surface area contributed by atoms with Crippen LogP contribution in [0.1, 0.15) is 11.1 Å². The minimum atomic E-state index is -0.537. The van der Waals surface area contributed by atoms with E-state index in [1.54, 1.807) is 24.3 Å². The van der Waals surface area contributed by atoms with E-state index in [9.17, 15) is 14.0 Å². The van der Waals surface area contributed by atoms with Crippen LogP contribution >= 0.6 is 11.6 Å². The molecule has 0 aliphatic rings. The molecule has 0 aliphatic heterocycles. The van der Waals surface area contributed by atoms with E-state index in [2.05, 4.69) is 9.97 Å². The monoisotopic (exact) mass is 396 g/mol. The second kappa shape index (κ2) is 7.36. The van der Waals surface area contributed by atoms with Crippen molar-refractivity contribution in [2.24, 2.45) is 0 Å². The van der Waals surface area contributed by atoms with Gasteiger partial charge in [0.05, 0.1) is 13.1 Å². The van der Waals surface area contributed by atoms with Gasteiger partial charge in [0.1, 0.15) is 5.82 Å². The highest BCUT2D eigenvalue weighted by molar-refractivity contribution is 6.30. The number of halogens is 2. The molecule has 0 amide bonds. The van der Waals surface area contributed by atoms with E-state index in [1.165, 1.54) is 41.2 Å². The molecule has 0 spiro atoms. The standard InChI is InChI=1S/C20H14ClFN4O2/c21-15-5-1-13(2-6-15)11-25-18-17(23-9-10-24-18)19(27)26(20(25)28)12-14-3-7-16(22)8-4-14/h1-10H,11-12H2. The molecule has 4 rings (SSSR count). The third-order valence-electron chi connectivity index (χ3n) is 4.35. The van der Waals surface area contributed by atoms with Gasteiger partial charge >= 0.3 is 5.69 Å². The Bertz CT molecular complexity index is 1260. The molecule has 0 fully saturated rings. The van der Waals surface area contributed by atoms with Gasteiger partial charge in [-0.05, 0) is 35.4 Å². The molecule has 0 N–H and O–H groups in total. The van der Waals surface area contributed by atoms with Crippen LogP contribution in [0.25, 0.3) is 11.2 Å². The summed E-state index contributed by atoms with van der Waals surface area (Å²) in [5.74, 6) is -0.388. The lowest BCUT2D eigenvalue weighted by Crippen LogP contribution is -2.41. The SMILES string of the molecule is O=c1c2nccnc2n(Cc2ccc(Cl)cc2)c(=O)n1Cc1ccc(F)cc1. The highest BCUT2D eigenvalue weighted by atomic mass is 35.5. The Morgan fingerprint density at radius 1 is 0.821 bits per heavy atom. The number of hydrogen-bond acceptors (Lipinski definition) is 4. The number of rotatable bonds is 4. The third-order valence-corrected chi connectivity index (χ3v) is 4.60. The molecule has 2 aromatic carbocycles. The van der Waals surface area contributed by atoms with Gasteiger partial charge in [-0.15, -0.1) is 0 Å². The average molecular weight is 397 g/mol. The first-order chi connectivity index (χ1) is 13.5. The number of hydrogen-bond donors (Lipinski definition) is 0. The lowest BCUT2D eigenvalue weighted by Gasteiger charge is -2.13. The zero-order valence-corrected chi connectivity index (χ0v) is 15.3. The molecule has 0 unspecified atom stereocenters. The molecule has 2 heterocycles. The van der Waals surface area contributed by atoms with Crippen molar-refractivity contribution >= 4 is 22.8 Å². The molecule has 140 valence electrons. The van der Waals surface area contributed by atoms with Crippen LogP contribution in [-0.4, -0.2) is 19.1 Å². The molecular formula is C20H14ClFN4O2. The molecule has 0 bridgehead atoms. The highest BCUT2D eigenvalue weighted by Crippen LogP contribution is 2.12. The smallest absolute Gasteiger partial charge is 0.272 e. The molecule has 4 aromatic rings. The van der Waals surface area contributed by atoms with E-state index in [0.717, 1.165) is 10.1 Å². The number of fused-ring (bicyclic) bond motifs is 1. The second-order valence-corrected chi connectivity index (χ2v) is 6.68. The molecular weight excluding hydrogens is 383 g/mol. The molecule has 0 saturated heterocycles. The van der Waals surface area contributed by atoms with Gasteiger partial charge in [-0.1, -0.05) is 35.9 Å². The summed E-state index contributed by atoms with van der Waals surface area (Å²) in [7, 11) is 0. The first-order valence-corrected chi connectivity index (χ1v) is 8.84. The van der Waals surface area contributed by atoms with Crippen molar-refractivity contribution < 1.29 is 4.39 Å². The Balaban J connectivity index is 1.88. The summed E-state index contributed by atoms with van der Waals surface area (Å²) >= 11 is 5.93. The Labute approximate surface area is 163 Å². The molecule has 0 radical (unpaired) electrons. The molecule has 2 aromatic heterocycles. The van der Waals surface area contributed by atoms with Crippen LogP contribution in [0.2, 0.25) is 5.02 Å². The van der Waals surface area contributed by atoms with Crippen LogP contribution in [-0.2, 0) is 13.1 Å². The fourth-order valence-corrected chi connectivity index (χ4v) is 3.08. The number of nitrogens with zero attached hydrogens (tertiary/aromatic N) is 4. The van der Waals surface area contributed by atoms with Gasteiger partial charge in [-0.2, -0.15) is 0 Å². The first-order valence-electron chi connectivity index (χ1n) is 8.46. The van der Waals surface area contributed by atoms with Crippen molar-refractivity contribution in [1.29, 1.82) is 0 Å². The minimum Gasteiger partial charge on any atom is -0.272 e. The van der Waals surface area contributed by atoms with Crippen LogP contribution in [0, 0.1) is 5.82 Å². The predicted molar refractivity (Wildman–Crippen MR) is 104 cm³/mol. The van der Waals surface area contributed by atoms with E-state index < -0.39 is 11.2 Å². The molecule has 28 heavy (non-hydrogen) atoms. The summed E-state index contributed by atoms with van der Waals surface area (Å²) in [5, 5.41) is 0.585. The summed E-state index contributed by atoms with van der Waals surface area (Å²) in [6.07, 6.45) is 2.84. The highest BCUT2D eigenvalue weighted by Gasteiger charge is 2.15. The van der Waals surface area contributed by atoms with Crippen LogP contribution in [0.3, 0.4) is 0 Å². The van der Waals surface area contributed by atoms with Crippen molar-refractivity contribution in [1.82, 2.24) is 19.1 Å². The fourth-order valence-electron chi connectivity index (χ4n) is 2.96. The second-order valence-electron chi connectivity index (χ2n) is 6.24. The normalized spacial score (nSPS) is 11.1. The topological polar surface area (TPSA) is 69.8 Å². The molecule has 0 atom stereocenters. The number of aromatic nitrogens is 4. The summed E-state index contributed by atoms with van der Waals surface area (Å²) in [6, 6.07) is 12.7. The maximum atomic E-state index is 13.2. The molecule has 6 nitrogen and oxygen atoms in total. The van der Waals surface area contributed by atoms with Gasteiger partial charge < -0.3 is 0 Å². The van der Waals surface area contributed by atoms with E-state index in [0.29, 0.717) is 10.6 Å². The Kier molecular flexibility index (Phi) is 4.75. The van der Waals surface area contributed by atoms with Gasteiger partial charge in [0.25, 0.3) is 5.56 Å². The van der Waals surface area contributed by atoms with Crippen LogP contribution in [0.5, 0.6) is 0 Å². The quantitative estimate of drug-likeness (QED) is 0.532. The number of benzene rings is 2. The summed E-state index contributed by atoms with van der Waals surface area (Å²) in [5.41, 5.74) is 0.704. The van der Waals surface area contributed by atoms with Crippen molar-refractivity contribution in [3.63, 3.8) is 0 Å². The van der Waals surface area contributed by atoms with Crippen molar-refractivity contribution in [2.45, 2.75) is 13.1 Å². The van der Waals surface area contributed by atoms with Crippen molar-refractivity contribution in [2.75, 3.05) is 0 Å². The maximum Gasteiger partial charge on any atom is 0.333 e. The lowest BCUT2D eigenvalue weighted by molar-refractivity contribution is 0.617. The average Bonchev–Trinajstić information content (AvgIpc) is 2.71. The minimum absolute atomic E-state index is 0.00504. The zero-order valence-electron chi connectivity index (χ0n) is 14.5. The largest absolute Gasteiger partial charge is 0.333 e. The van der Waals surface area contributed by atoms with E-state index in [4.69, 9.17) is 11.6 Å². The molecule has 0 aliphatic carbocycles. The lowest BCUT2D eigenvalue weighted by atomic mass is 10.2. The van der Waals surface area contributed by atoms with E-state index in [-0.39, 0.29) is 30.1 Å². The molecule has 0 saturated carbocycles. The van der Waals surface area contributed by atoms with Crippen LogP contribution < -0.4 is 11.2 Å². The summed E-state index contributed by atoms with van der Waals surface area (Å²) in [4.78, 5) is 34.2. The summed E-state index contributed by atoms with van der Waals surface area (Å²) in [6.45, 7) is 0.208. The van der Waals surface area contributed by atoms with Gasteiger partial charge in [-0.3, -0.25) is 13.9 Å². The maximum absolute atomic E-state index is 13.2. The van der Waals surface area contributed by atoms with Gasteiger partial charge in [0.2, 0.25) is 0 Å². The predicted octanol–water partition coefficient (Wildman–Crippen LogP) is 2.84. The van der Waals surface area contributed by atoms with Crippen LogP contribution in [0.4, 0.5) is 4.39 Å². The Morgan fingerprint density at radius 2 is 1.39 bits per heavy atom. The first kappa shape index (κ1) is 18.1. The zero-order chi connectivity index (χ0) is 19.7. The Hall–Kier alpha value is -3.32. The summed E-state index contributed by atoms with van der Waals surface area (Å²) < 4.78 is 15.6. The van der Waals surface area contributed by atoms with E-state index >= 15 is 0 Å². The van der Waals surface area contributed by atoms with E-state index in [1.807, 2.05) is 0 Å². The van der Waals surface area contributed by atoms with Gasteiger partial charge in [0, 0.05) is 17.4 Å². The van der Waals surface area contributed by atoms with Crippen molar-refractivity contribution in [3.8, 4) is 0 Å². The fraction of sp³-hybridized carbons (Fsp3) is 0.100. The molecule has 8 heteroatoms. The van der Waals surface area contributed by atoms with Crippen molar-refractivity contribution in [3.05, 3.63) is 104 Å². The van der Waals surface area contributed by atoms with Crippen LogP contribution in [0.15, 0.2) is 70.5 Å². The Morgan fingerprint density at radius 3 is 2.07 bits per heavy atom.